The van der Waals surface area contributed by atoms with Crippen LogP contribution in [0.1, 0.15) is 26.1 Å². The fourth-order valence-electron chi connectivity index (χ4n) is 2.51. The van der Waals surface area contributed by atoms with Crippen molar-refractivity contribution in [2.75, 3.05) is 6.26 Å². The van der Waals surface area contributed by atoms with Crippen LogP contribution in [0.5, 0.6) is 0 Å². The number of hydrogen-bond donors (Lipinski definition) is 0. The number of halogens is 1. The predicted molar refractivity (Wildman–Crippen MR) is 98.9 cm³/mol. The van der Waals surface area contributed by atoms with Gasteiger partial charge in [-0.2, -0.15) is 5.10 Å². The van der Waals surface area contributed by atoms with Crippen molar-refractivity contribution < 1.29 is 17.2 Å². The van der Waals surface area contributed by atoms with Crippen molar-refractivity contribution in [3.8, 4) is 23.0 Å². The van der Waals surface area contributed by atoms with Crippen LogP contribution in [0.3, 0.4) is 0 Å². The molecule has 0 N–H and O–H groups in total. The van der Waals surface area contributed by atoms with Crippen LogP contribution in [0.15, 0.2) is 34.9 Å². The van der Waals surface area contributed by atoms with Crippen molar-refractivity contribution in [1.29, 1.82) is 0 Å². The van der Waals surface area contributed by atoms with Crippen LogP contribution < -0.4 is 0 Å². The van der Waals surface area contributed by atoms with Crippen LogP contribution in [-0.4, -0.2) is 34.4 Å². The molecule has 0 saturated carbocycles. The largest absolute Gasteiger partial charge is 0.444 e. The minimum Gasteiger partial charge on any atom is -0.444 e. The number of hydrogen-bond acceptors (Lipinski definition) is 6. The van der Waals surface area contributed by atoms with Gasteiger partial charge in [-0.15, -0.1) is 0 Å². The standard InChI is InChI=1S/C18H21FN4O3S/c1-12(2)8-9-23-17(21-16(22-23)11-27(3,24)25)15-10-26-18(20-15)13-4-6-14(19)7-5-13/h4-7,10,12H,8-9,11H2,1-3H3. The van der Waals surface area contributed by atoms with Gasteiger partial charge in [0.25, 0.3) is 0 Å². The summed E-state index contributed by atoms with van der Waals surface area (Å²) < 4.78 is 43.4. The molecule has 0 spiro atoms. The summed E-state index contributed by atoms with van der Waals surface area (Å²) in [6, 6.07) is 5.80. The number of aromatic nitrogens is 4. The number of sulfone groups is 1. The molecule has 3 aromatic rings. The maximum atomic E-state index is 13.1. The third-order valence-corrected chi connectivity index (χ3v) is 4.63. The zero-order valence-corrected chi connectivity index (χ0v) is 16.2. The average Bonchev–Trinajstić information content (AvgIpc) is 3.19. The molecule has 2 heterocycles. The number of aryl methyl sites for hydroxylation is 1. The van der Waals surface area contributed by atoms with Crippen LogP contribution in [-0.2, 0) is 22.1 Å². The lowest BCUT2D eigenvalue weighted by Crippen LogP contribution is -2.07. The quantitative estimate of drug-likeness (QED) is 0.612. The molecule has 7 nitrogen and oxygen atoms in total. The second kappa shape index (κ2) is 7.59. The van der Waals surface area contributed by atoms with Gasteiger partial charge in [-0.25, -0.2) is 27.5 Å². The second-order valence-electron chi connectivity index (χ2n) is 6.87. The highest BCUT2D eigenvalue weighted by Crippen LogP contribution is 2.24. The third kappa shape index (κ3) is 5.00. The summed E-state index contributed by atoms with van der Waals surface area (Å²) >= 11 is 0. The predicted octanol–water partition coefficient (Wildman–Crippen LogP) is 3.33. The molecular formula is C18H21FN4O3S. The average molecular weight is 392 g/mol. The molecule has 0 aliphatic heterocycles. The number of oxazole rings is 1. The highest BCUT2D eigenvalue weighted by molar-refractivity contribution is 7.89. The molecule has 0 saturated heterocycles. The van der Waals surface area contributed by atoms with Crippen LogP contribution in [0.2, 0.25) is 0 Å². The molecule has 3 rings (SSSR count). The Morgan fingerprint density at radius 1 is 1.19 bits per heavy atom. The van der Waals surface area contributed by atoms with E-state index in [-0.39, 0.29) is 17.4 Å². The van der Waals surface area contributed by atoms with E-state index in [0.717, 1.165) is 12.7 Å². The molecule has 0 aliphatic carbocycles. The minimum atomic E-state index is -3.25. The van der Waals surface area contributed by atoms with E-state index in [9.17, 15) is 12.8 Å². The van der Waals surface area contributed by atoms with E-state index in [1.807, 2.05) is 0 Å². The fraction of sp³-hybridized carbons (Fsp3) is 0.389. The first-order valence-electron chi connectivity index (χ1n) is 8.54. The summed E-state index contributed by atoms with van der Waals surface area (Å²) in [6.07, 6.45) is 3.44. The van der Waals surface area contributed by atoms with Crippen molar-refractivity contribution >= 4 is 9.84 Å². The van der Waals surface area contributed by atoms with Gasteiger partial charge in [0, 0.05) is 18.4 Å². The first kappa shape index (κ1) is 19.2. The lowest BCUT2D eigenvalue weighted by molar-refractivity contribution is 0.487. The van der Waals surface area contributed by atoms with E-state index < -0.39 is 9.84 Å². The van der Waals surface area contributed by atoms with Crippen molar-refractivity contribution in [3.05, 3.63) is 42.2 Å². The van der Waals surface area contributed by atoms with Gasteiger partial charge in [-0.1, -0.05) is 13.8 Å². The van der Waals surface area contributed by atoms with E-state index in [1.54, 1.807) is 16.8 Å². The molecule has 9 heteroatoms. The summed E-state index contributed by atoms with van der Waals surface area (Å²) in [5.41, 5.74) is 1.08. The lowest BCUT2D eigenvalue weighted by atomic mass is 10.1. The second-order valence-corrected chi connectivity index (χ2v) is 9.01. The van der Waals surface area contributed by atoms with Gasteiger partial charge in [0.2, 0.25) is 5.89 Å². The van der Waals surface area contributed by atoms with E-state index in [0.29, 0.717) is 35.4 Å². The summed E-state index contributed by atoms with van der Waals surface area (Å²) in [5, 5.41) is 4.33. The van der Waals surface area contributed by atoms with Crippen molar-refractivity contribution in [2.24, 2.45) is 5.92 Å². The third-order valence-electron chi connectivity index (χ3n) is 3.85. The van der Waals surface area contributed by atoms with Crippen molar-refractivity contribution in [3.63, 3.8) is 0 Å². The molecule has 144 valence electrons. The molecular weight excluding hydrogens is 371 g/mol. The number of benzene rings is 1. The molecule has 0 aliphatic rings. The Labute approximate surface area is 157 Å². The van der Waals surface area contributed by atoms with Crippen LogP contribution >= 0.6 is 0 Å². The van der Waals surface area contributed by atoms with E-state index >= 15 is 0 Å². The van der Waals surface area contributed by atoms with E-state index in [1.165, 1.54) is 18.4 Å². The van der Waals surface area contributed by atoms with Gasteiger partial charge in [0.1, 0.15) is 23.5 Å². The lowest BCUT2D eigenvalue weighted by Gasteiger charge is -2.06. The van der Waals surface area contributed by atoms with Gasteiger partial charge in [0.15, 0.2) is 21.5 Å². The van der Waals surface area contributed by atoms with Crippen LogP contribution in [0.4, 0.5) is 4.39 Å². The Bertz CT molecular complexity index is 1020. The monoisotopic (exact) mass is 392 g/mol. The maximum Gasteiger partial charge on any atom is 0.226 e. The van der Waals surface area contributed by atoms with Gasteiger partial charge in [-0.05, 0) is 36.6 Å². The minimum absolute atomic E-state index is 0.225. The van der Waals surface area contributed by atoms with Gasteiger partial charge >= 0.3 is 0 Å². The molecule has 0 fully saturated rings. The Kier molecular flexibility index (Phi) is 5.41. The smallest absolute Gasteiger partial charge is 0.226 e. The zero-order chi connectivity index (χ0) is 19.6. The normalized spacial score (nSPS) is 12.0. The van der Waals surface area contributed by atoms with Crippen molar-refractivity contribution in [2.45, 2.75) is 32.6 Å². The molecule has 27 heavy (non-hydrogen) atoms. The molecule has 2 aromatic heterocycles. The zero-order valence-electron chi connectivity index (χ0n) is 15.4. The van der Waals surface area contributed by atoms with Gasteiger partial charge < -0.3 is 4.42 Å². The summed E-state index contributed by atoms with van der Waals surface area (Å²) in [5.74, 6) is 0.871. The van der Waals surface area contributed by atoms with Crippen molar-refractivity contribution in [1.82, 2.24) is 19.7 Å². The van der Waals surface area contributed by atoms with Gasteiger partial charge in [0.05, 0.1) is 0 Å². The Hall–Kier alpha value is -2.55. The molecule has 1 aromatic carbocycles. The number of nitrogens with zero attached hydrogens (tertiary/aromatic N) is 4. The molecule has 0 amide bonds. The SMILES string of the molecule is CC(C)CCn1nc(CS(C)(=O)=O)nc1-c1coc(-c2ccc(F)cc2)n1. The number of rotatable bonds is 7. The summed E-state index contributed by atoms with van der Waals surface area (Å²) in [7, 11) is -3.25. The van der Waals surface area contributed by atoms with Gasteiger partial charge in [-0.3, -0.25) is 0 Å². The van der Waals surface area contributed by atoms with E-state index in [2.05, 4.69) is 28.9 Å². The molecule has 0 radical (unpaired) electrons. The van der Waals surface area contributed by atoms with E-state index in [4.69, 9.17) is 4.42 Å². The highest BCUT2D eigenvalue weighted by atomic mass is 32.2. The molecule has 0 unspecified atom stereocenters. The Balaban J connectivity index is 1.95. The summed E-state index contributed by atoms with van der Waals surface area (Å²) in [4.78, 5) is 8.77. The molecule has 0 bridgehead atoms. The maximum absolute atomic E-state index is 13.1. The molecule has 0 atom stereocenters. The fourth-order valence-corrected chi connectivity index (χ4v) is 3.10. The Morgan fingerprint density at radius 2 is 1.89 bits per heavy atom. The topological polar surface area (TPSA) is 90.9 Å². The van der Waals surface area contributed by atoms with Crippen LogP contribution in [0.25, 0.3) is 23.0 Å². The Morgan fingerprint density at radius 3 is 2.52 bits per heavy atom. The summed E-state index contributed by atoms with van der Waals surface area (Å²) in [6.45, 7) is 4.77. The first-order chi connectivity index (χ1) is 12.7. The highest BCUT2D eigenvalue weighted by Gasteiger charge is 2.19. The first-order valence-corrected chi connectivity index (χ1v) is 10.6. The van der Waals surface area contributed by atoms with Crippen LogP contribution in [0, 0.1) is 11.7 Å².